The fraction of sp³-hybridized carbons (Fsp3) is 0.429. The highest BCUT2D eigenvalue weighted by molar-refractivity contribution is 5.87. The van der Waals surface area contributed by atoms with Crippen LogP contribution in [0.25, 0.3) is 0 Å². The quantitative estimate of drug-likeness (QED) is 0.816. The van der Waals surface area contributed by atoms with Crippen molar-refractivity contribution in [2.24, 2.45) is 11.7 Å². The molecule has 104 valence electrons. The van der Waals surface area contributed by atoms with Gasteiger partial charge in [0.15, 0.2) is 0 Å². The average molecular weight is 266 g/mol. The van der Waals surface area contributed by atoms with Gasteiger partial charge in [-0.1, -0.05) is 38.5 Å². The number of primary amides is 1. The maximum Gasteiger partial charge on any atom is 0.240 e. The van der Waals surface area contributed by atoms with Crippen LogP contribution in [-0.2, 0) is 16.0 Å². The van der Waals surface area contributed by atoms with E-state index < -0.39 is 23.7 Å². The zero-order valence-electron chi connectivity index (χ0n) is 11.2. The average Bonchev–Trinajstić information content (AvgIpc) is 2.37. The summed E-state index contributed by atoms with van der Waals surface area (Å²) in [6.07, 6.45) is 0.612. The van der Waals surface area contributed by atoms with Crippen molar-refractivity contribution in [1.82, 2.24) is 5.32 Å². The van der Waals surface area contributed by atoms with Gasteiger partial charge in [-0.05, 0) is 17.5 Å². The molecule has 2 amide bonds. The predicted octanol–water partition coefficient (Wildman–Crippen LogP) is 1.38. The lowest BCUT2D eigenvalue weighted by Crippen LogP contribution is -2.48. The minimum atomic E-state index is -0.718. The second kappa shape index (κ2) is 6.87. The lowest BCUT2D eigenvalue weighted by Gasteiger charge is -2.21. The summed E-state index contributed by atoms with van der Waals surface area (Å²) >= 11 is 0. The second-order valence-corrected chi connectivity index (χ2v) is 4.60. The fourth-order valence-corrected chi connectivity index (χ4v) is 1.77. The number of halogens is 1. The van der Waals surface area contributed by atoms with Crippen LogP contribution in [0.4, 0.5) is 4.39 Å². The largest absolute Gasteiger partial charge is 0.368 e. The first-order valence-electron chi connectivity index (χ1n) is 6.27. The van der Waals surface area contributed by atoms with Crippen molar-refractivity contribution in [1.29, 1.82) is 0 Å². The summed E-state index contributed by atoms with van der Waals surface area (Å²) in [7, 11) is 0. The summed E-state index contributed by atoms with van der Waals surface area (Å²) in [6.45, 7) is 3.74. The molecule has 3 N–H and O–H groups in total. The van der Waals surface area contributed by atoms with E-state index in [9.17, 15) is 14.0 Å². The summed E-state index contributed by atoms with van der Waals surface area (Å²) in [4.78, 5) is 23.1. The molecule has 0 bridgehead atoms. The summed E-state index contributed by atoms with van der Waals surface area (Å²) in [5.74, 6) is -1.47. The summed E-state index contributed by atoms with van der Waals surface area (Å²) in [5.41, 5.74) is 5.56. The van der Waals surface area contributed by atoms with Crippen molar-refractivity contribution in [2.45, 2.75) is 32.7 Å². The number of nitrogens with two attached hydrogens (primary N) is 1. The summed E-state index contributed by atoms with van der Waals surface area (Å²) in [6, 6.07) is 5.33. The molecule has 0 fully saturated rings. The van der Waals surface area contributed by atoms with Crippen LogP contribution in [-0.4, -0.2) is 17.9 Å². The number of benzene rings is 1. The molecule has 0 saturated heterocycles. The lowest BCUT2D eigenvalue weighted by molar-refractivity contribution is -0.128. The first kappa shape index (κ1) is 15.1. The summed E-state index contributed by atoms with van der Waals surface area (Å²) in [5, 5.41) is 2.56. The van der Waals surface area contributed by atoms with Crippen LogP contribution in [0.1, 0.15) is 25.8 Å². The third kappa shape index (κ3) is 4.35. The van der Waals surface area contributed by atoms with Gasteiger partial charge in [0.05, 0.1) is 6.42 Å². The van der Waals surface area contributed by atoms with Crippen LogP contribution in [0.3, 0.4) is 0 Å². The van der Waals surface area contributed by atoms with Crippen LogP contribution in [0.2, 0.25) is 0 Å². The van der Waals surface area contributed by atoms with Gasteiger partial charge < -0.3 is 11.1 Å². The van der Waals surface area contributed by atoms with Crippen LogP contribution < -0.4 is 11.1 Å². The Bertz CT molecular complexity index is 463. The Balaban J connectivity index is 2.68. The van der Waals surface area contributed by atoms with Crippen molar-refractivity contribution in [3.63, 3.8) is 0 Å². The molecule has 5 heteroatoms. The molecule has 0 heterocycles. The third-order valence-corrected chi connectivity index (χ3v) is 3.14. The zero-order chi connectivity index (χ0) is 14.4. The molecule has 0 aliphatic rings. The van der Waals surface area contributed by atoms with Crippen molar-refractivity contribution in [2.75, 3.05) is 0 Å². The highest BCUT2D eigenvalue weighted by atomic mass is 19.1. The van der Waals surface area contributed by atoms with Crippen LogP contribution in [0.15, 0.2) is 24.3 Å². The van der Waals surface area contributed by atoms with Gasteiger partial charge in [0.2, 0.25) is 11.8 Å². The highest BCUT2D eigenvalue weighted by Gasteiger charge is 2.23. The molecule has 0 spiro atoms. The molecule has 19 heavy (non-hydrogen) atoms. The normalized spacial score (nSPS) is 13.6. The first-order chi connectivity index (χ1) is 8.95. The van der Waals surface area contributed by atoms with Crippen molar-refractivity contribution >= 4 is 11.8 Å². The smallest absolute Gasteiger partial charge is 0.240 e. The van der Waals surface area contributed by atoms with Crippen molar-refractivity contribution in [3.8, 4) is 0 Å². The van der Waals surface area contributed by atoms with Crippen LogP contribution in [0, 0.1) is 11.7 Å². The van der Waals surface area contributed by atoms with E-state index in [4.69, 9.17) is 5.73 Å². The lowest BCUT2D eigenvalue weighted by atomic mass is 9.98. The second-order valence-electron chi connectivity index (χ2n) is 4.60. The van der Waals surface area contributed by atoms with Gasteiger partial charge >= 0.3 is 0 Å². The van der Waals surface area contributed by atoms with E-state index in [0.29, 0.717) is 12.0 Å². The molecule has 4 nitrogen and oxygen atoms in total. The Morgan fingerprint density at radius 2 is 2.00 bits per heavy atom. The van der Waals surface area contributed by atoms with Gasteiger partial charge in [-0.2, -0.15) is 0 Å². The van der Waals surface area contributed by atoms with E-state index in [-0.39, 0.29) is 12.3 Å². The molecule has 0 aliphatic carbocycles. The Kier molecular flexibility index (Phi) is 5.48. The number of carbonyl (C=O) groups is 2. The minimum Gasteiger partial charge on any atom is -0.368 e. The van der Waals surface area contributed by atoms with Gasteiger partial charge in [0.1, 0.15) is 11.9 Å². The van der Waals surface area contributed by atoms with Crippen molar-refractivity contribution in [3.05, 3.63) is 35.6 Å². The first-order valence-corrected chi connectivity index (χ1v) is 6.27. The SMILES string of the molecule is CCC(C)[C@H](NC(=O)Cc1ccccc1F)C(N)=O. The van der Waals surface area contributed by atoms with E-state index in [1.54, 1.807) is 12.1 Å². The zero-order valence-corrected chi connectivity index (χ0v) is 11.2. The molecular weight excluding hydrogens is 247 g/mol. The van der Waals surface area contributed by atoms with Gasteiger partial charge in [0.25, 0.3) is 0 Å². The molecule has 0 aromatic heterocycles. The maximum atomic E-state index is 13.4. The van der Waals surface area contributed by atoms with Crippen LogP contribution in [0.5, 0.6) is 0 Å². The molecule has 0 aliphatic heterocycles. The maximum absolute atomic E-state index is 13.4. The fourth-order valence-electron chi connectivity index (χ4n) is 1.77. The Morgan fingerprint density at radius 3 is 2.53 bits per heavy atom. The van der Waals surface area contributed by atoms with Crippen molar-refractivity contribution < 1.29 is 14.0 Å². The van der Waals surface area contributed by atoms with E-state index >= 15 is 0 Å². The van der Waals surface area contributed by atoms with Gasteiger partial charge in [-0.25, -0.2) is 4.39 Å². The number of rotatable bonds is 6. The molecule has 1 rings (SSSR count). The molecule has 1 aromatic rings. The van der Waals surface area contributed by atoms with Gasteiger partial charge in [0, 0.05) is 0 Å². The number of carbonyl (C=O) groups excluding carboxylic acids is 2. The molecule has 0 radical (unpaired) electrons. The minimum absolute atomic E-state index is 0.0536. The van der Waals surface area contributed by atoms with Crippen LogP contribution >= 0.6 is 0 Å². The summed E-state index contributed by atoms with van der Waals surface area (Å²) < 4.78 is 13.4. The molecule has 0 saturated carbocycles. The Morgan fingerprint density at radius 1 is 1.37 bits per heavy atom. The van der Waals surface area contributed by atoms with Gasteiger partial charge in [-0.3, -0.25) is 9.59 Å². The number of hydrogen-bond donors (Lipinski definition) is 2. The number of hydrogen-bond acceptors (Lipinski definition) is 2. The topological polar surface area (TPSA) is 72.2 Å². The van der Waals surface area contributed by atoms with E-state index in [2.05, 4.69) is 5.32 Å². The number of amides is 2. The number of nitrogens with one attached hydrogen (secondary N) is 1. The molecule has 1 unspecified atom stereocenters. The van der Waals surface area contributed by atoms with Gasteiger partial charge in [-0.15, -0.1) is 0 Å². The Hall–Kier alpha value is -1.91. The van der Waals surface area contributed by atoms with E-state index in [0.717, 1.165) is 0 Å². The predicted molar refractivity (Wildman–Crippen MR) is 70.7 cm³/mol. The monoisotopic (exact) mass is 266 g/mol. The van der Waals surface area contributed by atoms with E-state index in [1.165, 1.54) is 12.1 Å². The molecule has 1 aromatic carbocycles. The molecule has 2 atom stereocenters. The molecular formula is C14H19FN2O2. The van der Waals surface area contributed by atoms with E-state index in [1.807, 2.05) is 13.8 Å². The highest BCUT2D eigenvalue weighted by Crippen LogP contribution is 2.10. The Labute approximate surface area is 112 Å². The standard InChI is InChI=1S/C14H19FN2O2/c1-3-9(2)13(14(16)19)17-12(18)8-10-6-4-5-7-11(10)15/h4-7,9,13H,3,8H2,1-2H3,(H2,16,19)(H,17,18)/t9?,13-/m0/s1. The third-order valence-electron chi connectivity index (χ3n) is 3.14.